The molecular weight excluding hydrogens is 310 g/mol. The van der Waals surface area contributed by atoms with E-state index >= 15 is 0 Å². The van der Waals surface area contributed by atoms with Gasteiger partial charge in [-0.2, -0.15) is 10.5 Å². The Kier molecular flexibility index (Phi) is 5.82. The predicted octanol–water partition coefficient (Wildman–Crippen LogP) is 4.24. The molecule has 1 aliphatic rings. The number of allylic oxidation sites excluding steroid dienone is 4. The second-order valence-electron chi connectivity index (χ2n) is 6.04. The summed E-state index contributed by atoms with van der Waals surface area (Å²) in [7, 11) is 3.90. The minimum Gasteiger partial charge on any atom is -0.460 e. The fourth-order valence-electron chi connectivity index (χ4n) is 2.57. The zero-order valence-corrected chi connectivity index (χ0v) is 14.7. The summed E-state index contributed by atoms with van der Waals surface area (Å²) in [5, 5.41) is 18.3. The number of nitriles is 2. The summed E-state index contributed by atoms with van der Waals surface area (Å²) in [5.41, 5.74) is 2.52. The monoisotopic (exact) mass is 331 g/mol. The molecule has 1 aromatic rings. The molecule has 1 heterocycles. The number of benzene rings is 1. The summed E-state index contributed by atoms with van der Waals surface area (Å²) in [6, 6.07) is 13.9. The van der Waals surface area contributed by atoms with Gasteiger partial charge in [0.25, 0.3) is 0 Å². The second-order valence-corrected chi connectivity index (χ2v) is 6.04. The van der Waals surface area contributed by atoms with Crippen molar-refractivity contribution in [3.63, 3.8) is 0 Å². The molecule has 2 rings (SSSR count). The summed E-state index contributed by atoms with van der Waals surface area (Å²) in [6.45, 7) is 5.81. The Morgan fingerprint density at radius 1 is 1.20 bits per heavy atom. The maximum Gasteiger partial charge on any atom is 0.154 e. The summed E-state index contributed by atoms with van der Waals surface area (Å²) in [6.07, 6.45) is 5.82. The lowest BCUT2D eigenvalue weighted by atomic mass is 9.88. The molecule has 1 atom stereocenters. The van der Waals surface area contributed by atoms with Crippen molar-refractivity contribution in [1.82, 2.24) is 4.90 Å². The molecule has 0 N–H and O–H groups in total. The average molecular weight is 331 g/mol. The summed E-state index contributed by atoms with van der Waals surface area (Å²) in [5.74, 6) is 0.353. The van der Waals surface area contributed by atoms with Gasteiger partial charge < -0.3 is 9.64 Å². The van der Waals surface area contributed by atoms with E-state index in [1.165, 1.54) is 0 Å². The van der Waals surface area contributed by atoms with Crippen molar-refractivity contribution >= 4 is 6.08 Å². The minimum atomic E-state index is -0.842. The quantitative estimate of drug-likeness (QED) is 0.757. The normalized spacial score (nSPS) is 16.9. The topological polar surface area (TPSA) is 60.1 Å². The van der Waals surface area contributed by atoms with Gasteiger partial charge in [-0.3, -0.25) is 0 Å². The first-order chi connectivity index (χ1) is 12.0. The number of hydrogen-bond donors (Lipinski definition) is 0. The van der Waals surface area contributed by atoms with Crippen LogP contribution in [0, 0.1) is 34.5 Å². The van der Waals surface area contributed by atoms with Crippen molar-refractivity contribution in [1.29, 1.82) is 10.5 Å². The van der Waals surface area contributed by atoms with Crippen LogP contribution in [0.2, 0.25) is 0 Å². The lowest BCUT2D eigenvalue weighted by Gasteiger charge is -2.26. The molecule has 4 nitrogen and oxygen atoms in total. The van der Waals surface area contributed by atoms with Crippen LogP contribution >= 0.6 is 0 Å². The Bertz CT molecular complexity index is 803. The highest BCUT2D eigenvalue weighted by Gasteiger charge is 2.24. The average Bonchev–Trinajstić information content (AvgIpc) is 2.60. The van der Waals surface area contributed by atoms with Crippen LogP contribution in [0.5, 0.6) is 0 Å². The van der Waals surface area contributed by atoms with Gasteiger partial charge in [-0.05, 0) is 36.3 Å². The number of rotatable bonds is 5. The first kappa shape index (κ1) is 18.1. The fourth-order valence-corrected chi connectivity index (χ4v) is 2.57. The standard InChI is InChI=1S/C21H21N3O/c1-15-10-18(16(2)19(13-22)14-23)12-21(25-15)20(24(3)4)11-17-8-6-5-7-9-17/h5-12,18-19H,2H2,1,3-4H3. The number of likely N-dealkylation sites (N-methyl/N-ethyl adjacent to an activating group) is 1. The van der Waals surface area contributed by atoms with Crippen LogP contribution in [0.15, 0.2) is 71.9 Å². The molecule has 0 fully saturated rings. The van der Waals surface area contributed by atoms with Gasteiger partial charge in [0, 0.05) is 20.0 Å². The number of nitrogens with zero attached hydrogens (tertiary/aromatic N) is 3. The van der Waals surface area contributed by atoms with E-state index in [9.17, 15) is 0 Å². The summed E-state index contributed by atoms with van der Waals surface area (Å²) in [4.78, 5) is 1.98. The zero-order valence-electron chi connectivity index (χ0n) is 14.7. The van der Waals surface area contributed by atoms with E-state index < -0.39 is 5.92 Å². The fraction of sp³-hybridized carbons (Fsp3) is 0.238. The van der Waals surface area contributed by atoms with E-state index in [0.717, 1.165) is 17.0 Å². The second kappa shape index (κ2) is 8.04. The molecule has 1 aromatic carbocycles. The van der Waals surface area contributed by atoms with Crippen LogP contribution < -0.4 is 0 Å². The van der Waals surface area contributed by atoms with Gasteiger partial charge in [-0.15, -0.1) is 0 Å². The Labute approximate surface area is 149 Å². The first-order valence-corrected chi connectivity index (χ1v) is 7.96. The minimum absolute atomic E-state index is 0.216. The lowest BCUT2D eigenvalue weighted by Crippen LogP contribution is -2.18. The van der Waals surface area contributed by atoms with Crippen LogP contribution in [-0.4, -0.2) is 19.0 Å². The van der Waals surface area contributed by atoms with Crippen LogP contribution in [-0.2, 0) is 4.74 Å². The highest BCUT2D eigenvalue weighted by molar-refractivity contribution is 5.57. The molecular formula is C21H21N3O. The molecule has 126 valence electrons. The maximum absolute atomic E-state index is 9.13. The zero-order chi connectivity index (χ0) is 18.4. The van der Waals surface area contributed by atoms with E-state index in [0.29, 0.717) is 11.3 Å². The number of hydrogen-bond acceptors (Lipinski definition) is 4. The predicted molar refractivity (Wildman–Crippen MR) is 98.4 cm³/mol. The van der Waals surface area contributed by atoms with Crippen molar-refractivity contribution in [2.45, 2.75) is 6.92 Å². The van der Waals surface area contributed by atoms with E-state index in [4.69, 9.17) is 15.3 Å². The third-order valence-electron chi connectivity index (χ3n) is 3.91. The van der Waals surface area contributed by atoms with Crippen LogP contribution in [0.1, 0.15) is 12.5 Å². The third kappa shape index (κ3) is 4.40. The van der Waals surface area contributed by atoms with Crippen LogP contribution in [0.4, 0.5) is 0 Å². The van der Waals surface area contributed by atoms with Gasteiger partial charge in [0.15, 0.2) is 5.92 Å². The van der Waals surface area contributed by atoms with Gasteiger partial charge in [0.05, 0.1) is 23.6 Å². The molecule has 25 heavy (non-hydrogen) atoms. The molecule has 0 bridgehead atoms. The third-order valence-corrected chi connectivity index (χ3v) is 3.91. The molecule has 0 spiro atoms. The summed E-state index contributed by atoms with van der Waals surface area (Å²) >= 11 is 0. The lowest BCUT2D eigenvalue weighted by molar-refractivity contribution is 0.281. The van der Waals surface area contributed by atoms with E-state index in [1.54, 1.807) is 0 Å². The molecule has 0 saturated carbocycles. The van der Waals surface area contributed by atoms with Crippen LogP contribution in [0.3, 0.4) is 0 Å². The molecule has 0 radical (unpaired) electrons. The van der Waals surface area contributed by atoms with Gasteiger partial charge in [-0.1, -0.05) is 36.9 Å². The molecule has 0 saturated heterocycles. The molecule has 1 aliphatic heterocycles. The number of ether oxygens (including phenoxy) is 1. The van der Waals surface area contributed by atoms with Crippen molar-refractivity contribution in [2.24, 2.45) is 11.8 Å². The van der Waals surface area contributed by atoms with Gasteiger partial charge >= 0.3 is 0 Å². The van der Waals surface area contributed by atoms with Crippen LogP contribution in [0.25, 0.3) is 6.08 Å². The molecule has 1 unspecified atom stereocenters. The van der Waals surface area contributed by atoms with Crippen molar-refractivity contribution < 1.29 is 4.74 Å². The Morgan fingerprint density at radius 2 is 1.84 bits per heavy atom. The smallest absolute Gasteiger partial charge is 0.154 e. The Hall–Kier alpha value is -3.24. The van der Waals surface area contributed by atoms with Crippen molar-refractivity contribution in [3.05, 3.63) is 77.4 Å². The molecule has 0 aromatic heterocycles. The van der Waals surface area contributed by atoms with E-state index in [1.807, 2.05) is 86.6 Å². The van der Waals surface area contributed by atoms with E-state index in [-0.39, 0.29) is 5.92 Å². The van der Waals surface area contributed by atoms with Gasteiger partial charge in [0.2, 0.25) is 0 Å². The Morgan fingerprint density at radius 3 is 2.40 bits per heavy atom. The highest BCUT2D eigenvalue weighted by Crippen LogP contribution is 2.32. The first-order valence-electron chi connectivity index (χ1n) is 7.96. The largest absolute Gasteiger partial charge is 0.460 e. The van der Waals surface area contributed by atoms with E-state index in [2.05, 4.69) is 6.58 Å². The highest BCUT2D eigenvalue weighted by atomic mass is 16.5. The molecule has 0 aliphatic carbocycles. The van der Waals surface area contributed by atoms with Crippen molar-refractivity contribution in [3.8, 4) is 12.1 Å². The summed E-state index contributed by atoms with van der Waals surface area (Å²) < 4.78 is 5.91. The SMILES string of the molecule is C=C(C(C#N)C#N)C1C=C(C)OC(C(=Cc2ccccc2)N(C)C)=C1. The maximum atomic E-state index is 9.13. The van der Waals surface area contributed by atoms with Gasteiger partial charge in [-0.25, -0.2) is 0 Å². The molecule has 4 heteroatoms. The van der Waals surface area contributed by atoms with Crippen molar-refractivity contribution in [2.75, 3.05) is 14.1 Å². The van der Waals surface area contributed by atoms with Gasteiger partial charge in [0.1, 0.15) is 5.76 Å². The molecule has 0 amide bonds. The Balaban J connectivity index is 2.42.